The number of amides is 2. The Hall–Kier alpha value is -3.88. The number of aryl methyl sites for hydroxylation is 1. The summed E-state index contributed by atoms with van der Waals surface area (Å²) in [5, 5.41) is 7.46. The van der Waals surface area contributed by atoms with E-state index >= 15 is 0 Å². The number of pyridine rings is 1. The van der Waals surface area contributed by atoms with E-state index in [1.807, 2.05) is 28.0 Å². The number of nitrogens with one attached hydrogen (secondary N) is 1. The summed E-state index contributed by atoms with van der Waals surface area (Å²) in [6, 6.07) is 11.1. The molecule has 2 bridgehead atoms. The number of fused-ring (bicyclic) bond motifs is 3. The van der Waals surface area contributed by atoms with Gasteiger partial charge in [0.2, 0.25) is 5.91 Å². The fraction of sp³-hybridized carbons (Fsp3) is 0.610. The number of anilines is 1. The molecule has 0 spiro atoms. The fourth-order valence-electron chi connectivity index (χ4n) is 8.44. The second-order valence-corrected chi connectivity index (χ2v) is 16.9. The molecule has 2 amide bonds. The number of ether oxygens (including phenoxy) is 2. The van der Waals surface area contributed by atoms with E-state index in [-0.39, 0.29) is 46.3 Å². The number of benzene rings is 1. The first-order valence-corrected chi connectivity index (χ1v) is 18.7. The third-order valence-electron chi connectivity index (χ3n) is 11.7. The van der Waals surface area contributed by atoms with Gasteiger partial charge in [-0.3, -0.25) is 14.4 Å². The number of rotatable bonds is 10. The number of carbonyl (C=O) groups excluding carboxylic acids is 2. The van der Waals surface area contributed by atoms with Crippen molar-refractivity contribution >= 4 is 17.8 Å². The summed E-state index contributed by atoms with van der Waals surface area (Å²) in [6.45, 7) is 13.8. The van der Waals surface area contributed by atoms with Crippen molar-refractivity contribution in [2.24, 2.45) is 16.7 Å². The van der Waals surface area contributed by atoms with E-state index in [2.05, 4.69) is 82.4 Å². The summed E-state index contributed by atoms with van der Waals surface area (Å²) < 4.78 is 13.3. The van der Waals surface area contributed by atoms with Gasteiger partial charge < -0.3 is 14.8 Å². The van der Waals surface area contributed by atoms with Crippen LogP contribution in [0.5, 0.6) is 5.75 Å². The average Bonchev–Trinajstić information content (AvgIpc) is 3.62. The Morgan fingerprint density at radius 2 is 1.70 bits per heavy atom. The Labute approximate surface area is 298 Å². The molecule has 0 unspecified atom stereocenters. The van der Waals surface area contributed by atoms with E-state index in [1.165, 1.54) is 11.1 Å². The summed E-state index contributed by atoms with van der Waals surface area (Å²) in [7, 11) is 1.74. The quantitative estimate of drug-likeness (QED) is 0.229. The molecule has 1 aromatic carbocycles. The molecule has 4 aliphatic carbocycles. The zero-order chi connectivity index (χ0) is 35.7. The second kappa shape index (κ2) is 14.4. The molecule has 0 atom stereocenters. The molecule has 3 aromatic rings. The van der Waals surface area contributed by atoms with Crippen LogP contribution >= 0.6 is 0 Å². The first-order chi connectivity index (χ1) is 23.8. The third-order valence-corrected chi connectivity index (χ3v) is 11.7. The Bertz CT molecular complexity index is 1640. The molecule has 0 saturated heterocycles. The summed E-state index contributed by atoms with van der Waals surface area (Å²) in [4.78, 5) is 34.0. The van der Waals surface area contributed by atoms with Gasteiger partial charge in [-0.05, 0) is 136 Å². The molecule has 2 heterocycles. The van der Waals surface area contributed by atoms with Crippen LogP contribution in [0.4, 0.5) is 10.6 Å². The van der Waals surface area contributed by atoms with E-state index in [4.69, 9.17) is 14.5 Å². The minimum absolute atomic E-state index is 0.0147. The van der Waals surface area contributed by atoms with Crippen LogP contribution in [0.1, 0.15) is 116 Å². The fourth-order valence-corrected chi connectivity index (χ4v) is 8.44. The molecule has 2 aromatic heterocycles. The maximum atomic E-state index is 14.6. The molecule has 9 nitrogen and oxygen atoms in total. The van der Waals surface area contributed by atoms with Gasteiger partial charge in [0.25, 0.3) is 0 Å². The van der Waals surface area contributed by atoms with Crippen molar-refractivity contribution in [1.82, 2.24) is 20.1 Å². The summed E-state index contributed by atoms with van der Waals surface area (Å²) in [5.41, 5.74) is 4.89. The highest BCUT2D eigenvalue weighted by atomic mass is 16.6. The molecule has 4 fully saturated rings. The SMILES string of the molecule is COc1ccc(C23CCC(CN(C(=O)C4CCC(OC(=O)NCC(C)(C)C)CC4)c4cc(-c5cnn(C(C)C)c5)ccn4)(CC2)CC3)cc1C. The molecule has 4 saturated carbocycles. The van der Waals surface area contributed by atoms with Crippen LogP contribution in [0, 0.1) is 23.7 Å². The van der Waals surface area contributed by atoms with E-state index in [1.54, 1.807) is 7.11 Å². The van der Waals surface area contributed by atoms with Gasteiger partial charge in [0.1, 0.15) is 17.7 Å². The van der Waals surface area contributed by atoms with Crippen LogP contribution in [-0.2, 0) is 14.9 Å². The summed E-state index contributed by atoms with van der Waals surface area (Å²) in [6.07, 6.45) is 14.7. The molecule has 4 aliphatic rings. The zero-order valence-corrected chi connectivity index (χ0v) is 31.3. The van der Waals surface area contributed by atoms with Crippen LogP contribution < -0.4 is 15.0 Å². The number of nitrogens with zero attached hydrogens (tertiary/aromatic N) is 4. The van der Waals surface area contributed by atoms with Gasteiger partial charge in [-0.15, -0.1) is 0 Å². The van der Waals surface area contributed by atoms with Crippen LogP contribution in [0.25, 0.3) is 11.1 Å². The lowest BCUT2D eigenvalue weighted by Crippen LogP contribution is -2.52. The predicted molar refractivity (Wildman–Crippen MR) is 197 cm³/mol. The lowest BCUT2D eigenvalue weighted by Gasteiger charge is -2.55. The average molecular weight is 684 g/mol. The predicted octanol–water partition coefficient (Wildman–Crippen LogP) is 8.80. The van der Waals surface area contributed by atoms with Crippen LogP contribution in [0.2, 0.25) is 0 Å². The number of alkyl carbamates (subject to hydrolysis) is 1. The van der Waals surface area contributed by atoms with Crippen LogP contribution in [0.15, 0.2) is 48.9 Å². The van der Waals surface area contributed by atoms with Crippen molar-refractivity contribution in [3.8, 4) is 16.9 Å². The molecule has 0 aliphatic heterocycles. The normalized spacial score (nSPS) is 25.0. The second-order valence-electron chi connectivity index (χ2n) is 16.9. The maximum Gasteiger partial charge on any atom is 0.407 e. The number of hydrogen-bond acceptors (Lipinski definition) is 6. The van der Waals surface area contributed by atoms with E-state index in [0.717, 1.165) is 55.4 Å². The Morgan fingerprint density at radius 3 is 2.30 bits per heavy atom. The van der Waals surface area contributed by atoms with Gasteiger partial charge in [-0.1, -0.05) is 32.9 Å². The molecule has 1 N–H and O–H groups in total. The van der Waals surface area contributed by atoms with Gasteiger partial charge in [0, 0.05) is 43.0 Å². The third kappa shape index (κ3) is 7.87. The molecule has 9 heteroatoms. The Morgan fingerprint density at radius 1 is 1.00 bits per heavy atom. The highest BCUT2D eigenvalue weighted by Gasteiger charge is 2.51. The lowest BCUT2D eigenvalue weighted by molar-refractivity contribution is -0.124. The molecule has 50 heavy (non-hydrogen) atoms. The van der Waals surface area contributed by atoms with E-state index in [9.17, 15) is 9.59 Å². The van der Waals surface area contributed by atoms with Crippen molar-refractivity contribution in [3.05, 3.63) is 60.0 Å². The number of methoxy groups -OCH3 is 1. The van der Waals surface area contributed by atoms with Gasteiger partial charge in [-0.25, -0.2) is 9.78 Å². The minimum atomic E-state index is -0.368. The first-order valence-electron chi connectivity index (χ1n) is 18.7. The first kappa shape index (κ1) is 35.9. The van der Waals surface area contributed by atoms with Crippen LogP contribution in [0.3, 0.4) is 0 Å². The highest BCUT2D eigenvalue weighted by molar-refractivity contribution is 5.95. The minimum Gasteiger partial charge on any atom is -0.496 e. The van der Waals surface area contributed by atoms with Crippen molar-refractivity contribution in [3.63, 3.8) is 0 Å². The number of carbonyl (C=O) groups is 2. The summed E-state index contributed by atoms with van der Waals surface area (Å²) in [5.74, 6) is 1.67. The molecule has 0 radical (unpaired) electrons. The maximum absolute atomic E-state index is 14.6. The number of hydrogen-bond donors (Lipinski definition) is 1. The standard InChI is InChI=1S/C41H57N5O4/c1-28(2)46-25-32(24-44-46)31-14-21-42-36(23-31)45(37(47)30-8-11-34(12-9-30)50-38(48)43-26-39(4,5)6)27-40-15-18-41(19-16-40,20-17-40)33-10-13-35(49-7)29(3)22-33/h10,13-14,21-25,28,30,34H,8-9,11-12,15-20,26-27H2,1-7H3,(H,43,48). The highest BCUT2D eigenvalue weighted by Crippen LogP contribution is 2.58. The van der Waals surface area contributed by atoms with E-state index < -0.39 is 0 Å². The van der Waals surface area contributed by atoms with Crippen molar-refractivity contribution in [2.45, 2.75) is 123 Å². The largest absolute Gasteiger partial charge is 0.496 e. The smallest absolute Gasteiger partial charge is 0.407 e. The van der Waals surface area contributed by atoms with Crippen molar-refractivity contribution in [1.29, 1.82) is 0 Å². The van der Waals surface area contributed by atoms with Crippen molar-refractivity contribution in [2.75, 3.05) is 25.1 Å². The van der Waals surface area contributed by atoms with Crippen LogP contribution in [-0.4, -0.2) is 53.1 Å². The van der Waals surface area contributed by atoms with Gasteiger partial charge in [0.15, 0.2) is 0 Å². The number of aromatic nitrogens is 3. The lowest BCUT2D eigenvalue weighted by atomic mass is 9.51. The zero-order valence-electron chi connectivity index (χ0n) is 31.3. The van der Waals surface area contributed by atoms with Crippen molar-refractivity contribution < 1.29 is 19.1 Å². The van der Waals surface area contributed by atoms with E-state index in [0.29, 0.717) is 44.6 Å². The molecular formula is C41H57N5O4. The Balaban J connectivity index is 1.20. The van der Waals surface area contributed by atoms with Gasteiger partial charge in [0.05, 0.1) is 13.3 Å². The molecular weight excluding hydrogens is 626 g/mol. The monoisotopic (exact) mass is 683 g/mol. The van der Waals surface area contributed by atoms with Gasteiger partial charge >= 0.3 is 6.09 Å². The molecule has 270 valence electrons. The topological polar surface area (TPSA) is 98.6 Å². The molecule has 7 rings (SSSR count). The van der Waals surface area contributed by atoms with Gasteiger partial charge in [-0.2, -0.15) is 5.10 Å². The summed E-state index contributed by atoms with van der Waals surface area (Å²) >= 11 is 0. The Kier molecular flexibility index (Phi) is 10.3.